The third kappa shape index (κ3) is 4.87. The Morgan fingerprint density at radius 1 is 1.27 bits per heavy atom. The zero-order valence-corrected chi connectivity index (χ0v) is 15.8. The van der Waals surface area contributed by atoms with Crippen LogP contribution < -0.4 is 11.1 Å². The van der Waals surface area contributed by atoms with Gasteiger partial charge in [0.05, 0.1) is 4.90 Å². The summed E-state index contributed by atoms with van der Waals surface area (Å²) < 4.78 is 63.4. The SMILES string of the molecule is CC1(C)CN(S(=O)(=O)c2ccc(NC(=O)C(F)(F)F)cc2)CCC1N.Cl. The van der Waals surface area contributed by atoms with Crippen LogP contribution >= 0.6 is 12.4 Å². The van der Waals surface area contributed by atoms with Crippen molar-refractivity contribution >= 4 is 34.0 Å². The van der Waals surface area contributed by atoms with E-state index in [1.165, 1.54) is 16.4 Å². The first-order chi connectivity index (χ1) is 11.3. The second-order valence-corrected chi connectivity index (χ2v) is 8.64. The summed E-state index contributed by atoms with van der Waals surface area (Å²) in [7, 11) is -3.79. The van der Waals surface area contributed by atoms with E-state index in [0.717, 1.165) is 12.1 Å². The van der Waals surface area contributed by atoms with Crippen molar-refractivity contribution < 1.29 is 26.4 Å². The van der Waals surface area contributed by atoms with Crippen LogP contribution in [0.3, 0.4) is 0 Å². The van der Waals surface area contributed by atoms with Gasteiger partial charge in [0.1, 0.15) is 0 Å². The molecule has 1 aromatic carbocycles. The second-order valence-electron chi connectivity index (χ2n) is 6.70. The first-order valence-electron chi connectivity index (χ1n) is 7.58. The van der Waals surface area contributed by atoms with Crippen LogP contribution in [0.5, 0.6) is 0 Å². The molecule has 1 fully saturated rings. The number of halogens is 4. The molecule has 0 saturated carbocycles. The van der Waals surface area contributed by atoms with E-state index in [1.807, 2.05) is 13.8 Å². The molecule has 26 heavy (non-hydrogen) atoms. The van der Waals surface area contributed by atoms with Gasteiger partial charge in [-0.3, -0.25) is 4.79 Å². The van der Waals surface area contributed by atoms with Crippen molar-refractivity contribution in [2.45, 2.75) is 37.4 Å². The molecule has 1 aliphatic rings. The highest BCUT2D eigenvalue weighted by Gasteiger charge is 2.40. The maximum absolute atomic E-state index is 12.7. The Bertz CT molecular complexity index is 752. The smallest absolute Gasteiger partial charge is 0.327 e. The van der Waals surface area contributed by atoms with Crippen molar-refractivity contribution in [2.75, 3.05) is 18.4 Å². The third-order valence-corrected chi connectivity index (χ3v) is 6.14. The number of carbonyl (C=O) groups excluding carboxylic acids is 1. The van der Waals surface area contributed by atoms with Crippen molar-refractivity contribution in [1.29, 1.82) is 0 Å². The number of alkyl halides is 3. The van der Waals surface area contributed by atoms with Crippen molar-refractivity contribution in [3.05, 3.63) is 24.3 Å². The van der Waals surface area contributed by atoms with Gasteiger partial charge in [-0.2, -0.15) is 17.5 Å². The van der Waals surface area contributed by atoms with Crippen molar-refractivity contribution in [1.82, 2.24) is 4.31 Å². The highest BCUT2D eigenvalue weighted by atomic mass is 35.5. The number of anilines is 1. The Morgan fingerprint density at radius 3 is 2.27 bits per heavy atom. The number of hydrogen-bond donors (Lipinski definition) is 2. The van der Waals surface area contributed by atoms with Crippen molar-refractivity contribution in [3.8, 4) is 0 Å². The fraction of sp³-hybridized carbons (Fsp3) is 0.533. The van der Waals surface area contributed by atoms with Crippen LogP contribution in [-0.2, 0) is 14.8 Å². The first-order valence-corrected chi connectivity index (χ1v) is 9.02. The van der Waals surface area contributed by atoms with E-state index >= 15 is 0 Å². The average Bonchev–Trinajstić information content (AvgIpc) is 2.49. The maximum atomic E-state index is 12.7. The highest BCUT2D eigenvalue weighted by Crippen LogP contribution is 2.31. The summed E-state index contributed by atoms with van der Waals surface area (Å²) >= 11 is 0. The van der Waals surface area contributed by atoms with Gasteiger partial charge >= 0.3 is 12.1 Å². The average molecular weight is 416 g/mol. The van der Waals surface area contributed by atoms with Gasteiger partial charge in [0, 0.05) is 24.8 Å². The highest BCUT2D eigenvalue weighted by molar-refractivity contribution is 7.89. The van der Waals surface area contributed by atoms with Crippen LogP contribution in [0, 0.1) is 5.41 Å². The molecular formula is C15H21ClF3N3O3S. The Balaban J connectivity index is 0.00000338. The molecule has 2 rings (SSSR count). The molecule has 1 aliphatic heterocycles. The van der Waals surface area contributed by atoms with Gasteiger partial charge in [0.2, 0.25) is 10.0 Å². The third-order valence-electron chi connectivity index (χ3n) is 4.28. The lowest BCUT2D eigenvalue weighted by molar-refractivity contribution is -0.167. The van der Waals surface area contributed by atoms with Crippen LogP contribution in [0.25, 0.3) is 0 Å². The zero-order chi connectivity index (χ0) is 19.0. The van der Waals surface area contributed by atoms with Crippen LogP contribution in [-0.4, -0.2) is 43.9 Å². The molecule has 1 atom stereocenters. The Hall–Kier alpha value is -1.36. The fourth-order valence-corrected chi connectivity index (χ4v) is 4.22. The summed E-state index contributed by atoms with van der Waals surface area (Å²) in [5.74, 6) is -2.12. The summed E-state index contributed by atoms with van der Waals surface area (Å²) in [4.78, 5) is 10.8. The Morgan fingerprint density at radius 2 is 1.81 bits per heavy atom. The largest absolute Gasteiger partial charge is 0.471 e. The molecule has 1 unspecified atom stereocenters. The Kier molecular flexibility index (Phi) is 6.73. The van der Waals surface area contributed by atoms with Gasteiger partial charge in [-0.05, 0) is 36.1 Å². The van der Waals surface area contributed by atoms with Crippen LogP contribution in [0.2, 0.25) is 0 Å². The minimum absolute atomic E-state index is 0. The summed E-state index contributed by atoms with van der Waals surface area (Å²) in [6, 6.07) is 4.47. The topological polar surface area (TPSA) is 92.5 Å². The van der Waals surface area contributed by atoms with Crippen LogP contribution in [0.1, 0.15) is 20.3 Å². The van der Waals surface area contributed by atoms with Crippen LogP contribution in [0.15, 0.2) is 29.2 Å². The van der Waals surface area contributed by atoms with E-state index < -0.39 is 22.1 Å². The summed E-state index contributed by atoms with van der Waals surface area (Å²) in [5, 5.41) is 1.67. The molecule has 0 aromatic heterocycles. The minimum atomic E-state index is -5.01. The molecule has 1 aromatic rings. The zero-order valence-electron chi connectivity index (χ0n) is 14.2. The number of nitrogens with two attached hydrogens (primary N) is 1. The van der Waals surface area contributed by atoms with E-state index in [1.54, 1.807) is 5.32 Å². The van der Waals surface area contributed by atoms with Gasteiger partial charge in [-0.1, -0.05) is 13.8 Å². The lowest BCUT2D eigenvalue weighted by atomic mass is 9.81. The second kappa shape index (κ2) is 7.71. The summed E-state index contributed by atoms with van der Waals surface area (Å²) in [6.07, 6.45) is -4.49. The standard InChI is InChI=1S/C15H20F3N3O3S.ClH/c1-14(2)9-21(8-7-12(14)19)25(23,24)11-5-3-10(4-6-11)20-13(22)15(16,17)18;/h3-6,12H,7-9,19H2,1-2H3,(H,20,22);1H. The van der Waals surface area contributed by atoms with Gasteiger partial charge < -0.3 is 11.1 Å². The van der Waals surface area contributed by atoms with Crippen molar-refractivity contribution in [2.24, 2.45) is 11.1 Å². The number of nitrogens with zero attached hydrogens (tertiary/aromatic N) is 1. The lowest BCUT2D eigenvalue weighted by Gasteiger charge is -2.41. The monoisotopic (exact) mass is 415 g/mol. The number of piperidine rings is 1. The van der Waals surface area contributed by atoms with E-state index in [2.05, 4.69) is 0 Å². The van der Waals surface area contributed by atoms with Crippen molar-refractivity contribution in [3.63, 3.8) is 0 Å². The van der Waals surface area contributed by atoms with E-state index in [9.17, 15) is 26.4 Å². The van der Waals surface area contributed by atoms with Gasteiger partial charge in [-0.25, -0.2) is 8.42 Å². The van der Waals surface area contributed by atoms with Gasteiger partial charge in [0.15, 0.2) is 0 Å². The number of benzene rings is 1. The molecule has 11 heteroatoms. The number of amides is 1. The number of nitrogens with one attached hydrogen (secondary N) is 1. The van der Waals surface area contributed by atoms with Gasteiger partial charge in [0.25, 0.3) is 0 Å². The summed E-state index contributed by atoms with van der Waals surface area (Å²) in [5.41, 5.74) is 5.48. The number of hydrogen-bond acceptors (Lipinski definition) is 4. The molecular weight excluding hydrogens is 395 g/mol. The number of rotatable bonds is 3. The molecule has 6 nitrogen and oxygen atoms in total. The lowest BCUT2D eigenvalue weighted by Crippen LogP contribution is -2.53. The molecule has 0 bridgehead atoms. The number of sulfonamides is 1. The molecule has 0 aliphatic carbocycles. The minimum Gasteiger partial charge on any atom is -0.327 e. The predicted octanol–water partition coefficient (Wildman–Crippen LogP) is 2.36. The fourth-order valence-electron chi connectivity index (χ4n) is 2.59. The molecule has 148 valence electrons. The number of carbonyl (C=O) groups is 1. The molecule has 0 spiro atoms. The van der Waals surface area contributed by atoms with E-state index in [0.29, 0.717) is 6.42 Å². The first kappa shape index (κ1) is 22.7. The summed E-state index contributed by atoms with van der Waals surface area (Å²) in [6.45, 7) is 4.30. The van der Waals surface area contributed by atoms with Gasteiger partial charge in [-0.15, -0.1) is 12.4 Å². The maximum Gasteiger partial charge on any atom is 0.471 e. The molecule has 1 saturated heterocycles. The van der Waals surface area contributed by atoms with E-state index in [-0.39, 0.29) is 47.5 Å². The predicted molar refractivity (Wildman–Crippen MR) is 93.5 cm³/mol. The molecule has 3 N–H and O–H groups in total. The quantitative estimate of drug-likeness (QED) is 0.792. The van der Waals surface area contributed by atoms with Crippen LogP contribution in [0.4, 0.5) is 18.9 Å². The molecule has 1 heterocycles. The molecule has 1 amide bonds. The normalized spacial score (nSPS) is 20.9. The molecule has 0 radical (unpaired) electrons. The van der Waals surface area contributed by atoms with E-state index in [4.69, 9.17) is 5.73 Å². The Labute approximate surface area is 156 Å².